The molecule has 2 amide bonds. The molecule has 1 aliphatic carbocycles. The highest BCUT2D eigenvalue weighted by Gasteiger charge is 2.26. The molecule has 0 spiro atoms. The second-order valence-corrected chi connectivity index (χ2v) is 5.87. The molecule has 7 heteroatoms. The van der Waals surface area contributed by atoms with Gasteiger partial charge in [-0.2, -0.15) is 0 Å². The Morgan fingerprint density at radius 1 is 1.32 bits per heavy atom. The number of methoxy groups -OCH3 is 1. The molecule has 0 saturated carbocycles. The zero-order valence-electron chi connectivity index (χ0n) is 13.8. The van der Waals surface area contributed by atoms with Crippen molar-refractivity contribution in [2.45, 2.75) is 25.4 Å². The fourth-order valence-corrected chi connectivity index (χ4v) is 3.13. The van der Waals surface area contributed by atoms with Crippen molar-refractivity contribution in [3.63, 3.8) is 0 Å². The minimum atomic E-state index is -0.452. The summed E-state index contributed by atoms with van der Waals surface area (Å²) in [6, 6.07) is 11.7. The Labute approximate surface area is 145 Å². The van der Waals surface area contributed by atoms with Gasteiger partial charge in [0.25, 0.3) is 5.69 Å². The third kappa shape index (κ3) is 3.71. The highest BCUT2D eigenvalue weighted by molar-refractivity contribution is 5.74. The smallest absolute Gasteiger partial charge is 0.315 e. The standard InChI is InChI=1S/C18H19N3O4/c1-25-17-7-3-6-14-15(17)8-9-16(14)20-18(22)19-11-12-4-2-5-13(10-12)21(23)24/h2-7,10,16H,8-9,11H2,1H3,(H2,19,20,22). The van der Waals surface area contributed by atoms with E-state index in [-0.39, 0.29) is 24.3 Å². The molecule has 25 heavy (non-hydrogen) atoms. The second-order valence-electron chi connectivity index (χ2n) is 5.87. The average Bonchev–Trinajstić information content (AvgIpc) is 3.03. The van der Waals surface area contributed by atoms with Gasteiger partial charge in [-0.3, -0.25) is 10.1 Å². The monoisotopic (exact) mass is 341 g/mol. The summed E-state index contributed by atoms with van der Waals surface area (Å²) in [5.74, 6) is 0.846. The van der Waals surface area contributed by atoms with Gasteiger partial charge in [0.2, 0.25) is 0 Å². The van der Waals surface area contributed by atoms with Crippen LogP contribution in [0.15, 0.2) is 42.5 Å². The second kappa shape index (κ2) is 7.21. The number of non-ortho nitro benzene ring substituents is 1. The van der Waals surface area contributed by atoms with Crippen molar-refractivity contribution < 1.29 is 14.5 Å². The number of nitrogens with zero attached hydrogens (tertiary/aromatic N) is 1. The Kier molecular flexibility index (Phi) is 4.83. The predicted octanol–water partition coefficient (Wildman–Crippen LogP) is 3.09. The van der Waals surface area contributed by atoms with Gasteiger partial charge in [-0.15, -0.1) is 0 Å². The molecule has 1 unspecified atom stereocenters. The topological polar surface area (TPSA) is 93.5 Å². The summed E-state index contributed by atoms with van der Waals surface area (Å²) in [7, 11) is 1.64. The first-order chi connectivity index (χ1) is 12.1. The van der Waals surface area contributed by atoms with Gasteiger partial charge in [-0.1, -0.05) is 24.3 Å². The van der Waals surface area contributed by atoms with Crippen LogP contribution in [0.3, 0.4) is 0 Å². The molecule has 0 bridgehead atoms. The summed E-state index contributed by atoms with van der Waals surface area (Å²) in [5.41, 5.74) is 2.90. The number of hydrogen-bond donors (Lipinski definition) is 2. The lowest BCUT2D eigenvalue weighted by Gasteiger charge is -2.15. The molecule has 0 aliphatic heterocycles. The molecule has 0 aromatic heterocycles. The largest absolute Gasteiger partial charge is 0.496 e. The molecule has 1 aliphatic rings. The highest BCUT2D eigenvalue weighted by atomic mass is 16.6. The van der Waals surface area contributed by atoms with Gasteiger partial charge in [0.1, 0.15) is 5.75 Å². The molecule has 0 radical (unpaired) electrons. The minimum absolute atomic E-state index is 0.0107. The third-order valence-corrected chi connectivity index (χ3v) is 4.33. The molecule has 3 rings (SSSR count). The third-order valence-electron chi connectivity index (χ3n) is 4.33. The van der Waals surface area contributed by atoms with Crippen LogP contribution in [-0.2, 0) is 13.0 Å². The van der Waals surface area contributed by atoms with E-state index in [4.69, 9.17) is 4.74 Å². The van der Waals surface area contributed by atoms with Crippen LogP contribution in [0, 0.1) is 10.1 Å². The number of carbonyl (C=O) groups is 1. The summed E-state index contributed by atoms with van der Waals surface area (Å²) in [4.78, 5) is 22.5. The van der Waals surface area contributed by atoms with E-state index in [1.807, 2.05) is 18.2 Å². The maximum Gasteiger partial charge on any atom is 0.315 e. The number of ether oxygens (including phenoxy) is 1. The number of amides is 2. The minimum Gasteiger partial charge on any atom is -0.496 e. The molecule has 0 heterocycles. The zero-order chi connectivity index (χ0) is 17.8. The van der Waals surface area contributed by atoms with Gasteiger partial charge in [0, 0.05) is 18.7 Å². The van der Waals surface area contributed by atoms with E-state index in [1.165, 1.54) is 12.1 Å². The number of carbonyl (C=O) groups excluding carboxylic acids is 1. The number of urea groups is 1. The van der Waals surface area contributed by atoms with E-state index in [0.29, 0.717) is 5.56 Å². The van der Waals surface area contributed by atoms with Crippen molar-refractivity contribution in [3.05, 3.63) is 69.3 Å². The van der Waals surface area contributed by atoms with Crippen LogP contribution in [0.2, 0.25) is 0 Å². The molecule has 130 valence electrons. The number of benzene rings is 2. The Hall–Kier alpha value is -3.09. The first-order valence-corrected chi connectivity index (χ1v) is 8.02. The predicted molar refractivity (Wildman–Crippen MR) is 92.5 cm³/mol. The average molecular weight is 341 g/mol. The molecule has 0 fully saturated rings. The van der Waals surface area contributed by atoms with Crippen LogP contribution < -0.4 is 15.4 Å². The van der Waals surface area contributed by atoms with E-state index >= 15 is 0 Å². The van der Waals surface area contributed by atoms with Crippen LogP contribution in [-0.4, -0.2) is 18.1 Å². The molecular formula is C18H19N3O4. The van der Waals surface area contributed by atoms with E-state index in [0.717, 1.165) is 29.7 Å². The quantitative estimate of drug-likeness (QED) is 0.645. The van der Waals surface area contributed by atoms with Gasteiger partial charge in [0.15, 0.2) is 0 Å². The number of nitro benzene ring substituents is 1. The number of rotatable bonds is 5. The normalized spacial score (nSPS) is 15.3. The molecule has 1 atom stereocenters. The molecule has 7 nitrogen and oxygen atoms in total. The van der Waals surface area contributed by atoms with Crippen molar-refractivity contribution >= 4 is 11.7 Å². The fourth-order valence-electron chi connectivity index (χ4n) is 3.13. The summed E-state index contributed by atoms with van der Waals surface area (Å²) >= 11 is 0. The van der Waals surface area contributed by atoms with Crippen molar-refractivity contribution in [2.24, 2.45) is 0 Å². The highest BCUT2D eigenvalue weighted by Crippen LogP contribution is 2.36. The van der Waals surface area contributed by atoms with Crippen molar-refractivity contribution in [1.82, 2.24) is 10.6 Å². The number of nitro groups is 1. The molecule has 2 aromatic carbocycles. The summed E-state index contributed by atoms with van der Waals surface area (Å²) in [6.07, 6.45) is 1.68. The summed E-state index contributed by atoms with van der Waals surface area (Å²) in [6.45, 7) is 0.227. The van der Waals surface area contributed by atoms with E-state index in [1.54, 1.807) is 19.2 Å². The summed E-state index contributed by atoms with van der Waals surface area (Å²) < 4.78 is 5.36. The Morgan fingerprint density at radius 2 is 2.12 bits per heavy atom. The van der Waals surface area contributed by atoms with Gasteiger partial charge >= 0.3 is 6.03 Å². The van der Waals surface area contributed by atoms with Crippen LogP contribution in [0.25, 0.3) is 0 Å². The Morgan fingerprint density at radius 3 is 2.88 bits per heavy atom. The van der Waals surface area contributed by atoms with Crippen LogP contribution >= 0.6 is 0 Å². The van der Waals surface area contributed by atoms with Crippen LogP contribution in [0.5, 0.6) is 5.75 Å². The van der Waals surface area contributed by atoms with Gasteiger partial charge in [-0.05, 0) is 35.6 Å². The lowest BCUT2D eigenvalue weighted by molar-refractivity contribution is -0.384. The number of fused-ring (bicyclic) bond motifs is 1. The van der Waals surface area contributed by atoms with Gasteiger partial charge in [0.05, 0.1) is 18.1 Å². The molecule has 2 aromatic rings. The lowest BCUT2D eigenvalue weighted by atomic mass is 10.1. The zero-order valence-corrected chi connectivity index (χ0v) is 13.8. The number of hydrogen-bond acceptors (Lipinski definition) is 4. The maximum absolute atomic E-state index is 12.2. The molecular weight excluding hydrogens is 322 g/mol. The van der Waals surface area contributed by atoms with Crippen LogP contribution in [0.4, 0.5) is 10.5 Å². The van der Waals surface area contributed by atoms with Crippen molar-refractivity contribution in [1.29, 1.82) is 0 Å². The maximum atomic E-state index is 12.2. The van der Waals surface area contributed by atoms with E-state index in [9.17, 15) is 14.9 Å². The first-order valence-electron chi connectivity index (χ1n) is 8.02. The lowest BCUT2D eigenvalue weighted by Crippen LogP contribution is -2.36. The van der Waals surface area contributed by atoms with E-state index in [2.05, 4.69) is 10.6 Å². The van der Waals surface area contributed by atoms with Gasteiger partial charge < -0.3 is 15.4 Å². The first kappa shape index (κ1) is 16.8. The summed E-state index contributed by atoms with van der Waals surface area (Å²) in [5, 5.41) is 16.5. The fraction of sp³-hybridized carbons (Fsp3) is 0.278. The van der Waals surface area contributed by atoms with E-state index < -0.39 is 4.92 Å². The number of nitrogens with one attached hydrogen (secondary N) is 2. The molecule has 0 saturated heterocycles. The van der Waals surface area contributed by atoms with Crippen LogP contribution in [0.1, 0.15) is 29.2 Å². The SMILES string of the molecule is COc1cccc2c1CCC2NC(=O)NCc1cccc([N+](=O)[O-])c1. The Bertz CT molecular complexity index is 807. The van der Waals surface area contributed by atoms with Crippen molar-refractivity contribution in [2.75, 3.05) is 7.11 Å². The Balaban J connectivity index is 1.60. The molecule has 2 N–H and O–H groups in total. The van der Waals surface area contributed by atoms with Crippen molar-refractivity contribution in [3.8, 4) is 5.75 Å². The van der Waals surface area contributed by atoms with Gasteiger partial charge in [-0.25, -0.2) is 4.79 Å².